The molecular weight excluding hydrogens is 808 g/mol. The molecule has 10 rings (SSSR count). The van der Waals surface area contributed by atoms with Gasteiger partial charge in [-0.15, -0.1) is 0 Å². The monoisotopic (exact) mass is 870 g/mol. The lowest BCUT2D eigenvalue weighted by Crippen LogP contribution is -2.46. The van der Waals surface area contributed by atoms with Gasteiger partial charge in [0.25, 0.3) is 0 Å². The van der Waals surface area contributed by atoms with E-state index >= 15 is 0 Å². The predicted octanol–water partition coefficient (Wildman–Crippen LogP) is 9.46. The van der Waals surface area contributed by atoms with Crippen LogP contribution in [0.25, 0.3) is 0 Å². The Morgan fingerprint density at radius 3 is 2.21 bits per heavy atom. The summed E-state index contributed by atoms with van der Waals surface area (Å²) < 4.78 is 6.34. The summed E-state index contributed by atoms with van der Waals surface area (Å²) in [6.45, 7) is 6.96. The molecule has 332 valence electrons. The number of piperidine rings is 3. The summed E-state index contributed by atoms with van der Waals surface area (Å²) in [5, 5.41) is 16.2. The Labute approximate surface area is 377 Å². The van der Waals surface area contributed by atoms with Gasteiger partial charge in [-0.3, -0.25) is 19.7 Å². The normalized spacial score (nSPS) is 23.0. The molecule has 4 fully saturated rings. The van der Waals surface area contributed by atoms with Crippen molar-refractivity contribution in [1.82, 2.24) is 15.5 Å². The van der Waals surface area contributed by atoms with Crippen LogP contribution in [0.2, 0.25) is 5.02 Å². The van der Waals surface area contributed by atoms with Crippen LogP contribution >= 0.6 is 11.6 Å². The van der Waals surface area contributed by atoms with Crippen LogP contribution in [0, 0.1) is 11.3 Å². The number of amides is 2. The number of hydrogen-bond acceptors (Lipinski definition) is 8. The van der Waals surface area contributed by atoms with E-state index in [1.807, 2.05) is 25.2 Å². The minimum Gasteiger partial charge on any atom is -0.508 e. The number of nitrogens with one attached hydrogen (secondary N) is 2. The van der Waals surface area contributed by atoms with Gasteiger partial charge in [-0.25, -0.2) is 0 Å². The molecule has 2 spiro atoms. The van der Waals surface area contributed by atoms with Gasteiger partial charge in [0, 0.05) is 72.7 Å². The number of rotatable bonds is 8. The van der Waals surface area contributed by atoms with Crippen molar-refractivity contribution < 1.29 is 24.2 Å². The molecule has 6 aliphatic rings. The fourth-order valence-corrected chi connectivity index (χ4v) is 12.3. The molecule has 3 saturated heterocycles. The van der Waals surface area contributed by atoms with E-state index in [0.717, 1.165) is 75.4 Å². The van der Waals surface area contributed by atoms with E-state index in [0.29, 0.717) is 60.1 Å². The largest absolute Gasteiger partial charge is 0.508 e. The smallest absolute Gasteiger partial charge is 0.226 e. The molecule has 2 amide bonds. The zero-order valence-electron chi connectivity index (χ0n) is 36.8. The van der Waals surface area contributed by atoms with E-state index in [4.69, 9.17) is 16.3 Å². The van der Waals surface area contributed by atoms with Gasteiger partial charge >= 0.3 is 0 Å². The highest BCUT2D eigenvalue weighted by atomic mass is 35.5. The van der Waals surface area contributed by atoms with Crippen molar-refractivity contribution in [3.8, 4) is 11.5 Å². The number of fused-ring (bicyclic) bond motifs is 3. The highest BCUT2D eigenvalue weighted by Gasteiger charge is 2.46. The van der Waals surface area contributed by atoms with Gasteiger partial charge in [0.2, 0.25) is 11.8 Å². The number of nitrogens with zero attached hydrogens (tertiary/aromatic N) is 2. The van der Waals surface area contributed by atoms with Crippen molar-refractivity contribution in [3.05, 3.63) is 123 Å². The molecule has 4 aromatic carbocycles. The number of hydrogen-bond donors (Lipinski definition) is 3. The summed E-state index contributed by atoms with van der Waals surface area (Å²) in [5.41, 5.74) is 9.96. The van der Waals surface area contributed by atoms with Crippen LogP contribution in [0.15, 0.2) is 78.9 Å². The van der Waals surface area contributed by atoms with E-state index in [-0.39, 0.29) is 23.1 Å². The second kappa shape index (κ2) is 18.8. The number of carbonyl (C=O) groups is 3. The van der Waals surface area contributed by atoms with Crippen LogP contribution in [-0.4, -0.2) is 74.5 Å². The standard InChI is InChI=1S/C48H56ClN3O3.C5H7NO2/c1-50-29-41-42(31-53)44(49)28-43-46(41)55-32-48(43)21-23-51(24-22-48)30-33-15-17-47(18-16-33)19-25-52(26-20-47)37-10-7-35(8-11-37)45-39(34-5-3-2-4-6-34)13-9-36-27-38(54)12-14-40(36)45;7-4-2-1-3-5(8)6-4/h2-8,10-12,14,27-28,31,33,39,45,50,54H,9,13,15-26,29-30,32H2,1H3;1-3H2,(H,6,7,8). The van der Waals surface area contributed by atoms with Crippen LogP contribution in [0.4, 0.5) is 5.69 Å². The lowest BCUT2D eigenvalue weighted by molar-refractivity contribution is -0.132. The number of halogens is 1. The fourth-order valence-electron chi connectivity index (χ4n) is 12.0. The lowest BCUT2D eigenvalue weighted by Gasteiger charge is -2.47. The first-order valence-electron chi connectivity index (χ1n) is 23.5. The zero-order chi connectivity index (χ0) is 43.6. The Kier molecular flexibility index (Phi) is 13.0. The van der Waals surface area contributed by atoms with Gasteiger partial charge in [0.05, 0.1) is 11.6 Å². The quantitative estimate of drug-likeness (QED) is 0.119. The number of aryl methyl sites for hydroxylation is 1. The minimum atomic E-state index is -0.138. The van der Waals surface area contributed by atoms with Crippen LogP contribution in [0.5, 0.6) is 11.5 Å². The number of imide groups is 1. The Balaban J connectivity index is 0.000000569. The average molecular weight is 872 g/mol. The van der Waals surface area contributed by atoms with E-state index in [2.05, 4.69) is 81.1 Å². The third-order valence-electron chi connectivity index (χ3n) is 15.7. The van der Waals surface area contributed by atoms with E-state index < -0.39 is 0 Å². The molecule has 0 radical (unpaired) electrons. The van der Waals surface area contributed by atoms with Crippen molar-refractivity contribution in [2.24, 2.45) is 11.3 Å². The molecule has 2 unspecified atom stereocenters. The topological polar surface area (TPSA) is 111 Å². The van der Waals surface area contributed by atoms with Crippen LogP contribution in [-0.2, 0) is 28.0 Å². The number of likely N-dealkylation sites (tertiary alicyclic amines) is 1. The Bertz CT molecular complexity index is 2260. The number of aromatic hydroxyl groups is 1. The summed E-state index contributed by atoms with van der Waals surface area (Å²) in [4.78, 5) is 37.9. The Hall–Kier alpha value is -4.70. The molecule has 63 heavy (non-hydrogen) atoms. The zero-order valence-corrected chi connectivity index (χ0v) is 37.6. The van der Waals surface area contributed by atoms with E-state index in [9.17, 15) is 19.5 Å². The predicted molar refractivity (Wildman–Crippen MR) is 249 cm³/mol. The summed E-state index contributed by atoms with van der Waals surface area (Å²) in [6.07, 6.45) is 14.9. The Morgan fingerprint density at radius 2 is 1.56 bits per heavy atom. The highest BCUT2D eigenvalue weighted by Crippen LogP contribution is 2.51. The van der Waals surface area contributed by atoms with Crippen molar-refractivity contribution in [2.45, 2.75) is 107 Å². The van der Waals surface area contributed by atoms with Gasteiger partial charge in [-0.05, 0) is 161 Å². The summed E-state index contributed by atoms with van der Waals surface area (Å²) >= 11 is 6.65. The van der Waals surface area contributed by atoms with Crippen molar-refractivity contribution in [2.75, 3.05) is 51.3 Å². The molecule has 0 bridgehead atoms. The molecule has 0 aromatic heterocycles. The van der Waals surface area contributed by atoms with E-state index in [1.165, 1.54) is 78.6 Å². The molecule has 2 atom stereocenters. The summed E-state index contributed by atoms with van der Waals surface area (Å²) in [5.74, 6) is 2.48. The second-order valence-corrected chi connectivity index (χ2v) is 19.8. The molecule has 4 aromatic rings. The van der Waals surface area contributed by atoms with Gasteiger partial charge < -0.3 is 25.0 Å². The fraction of sp³-hybridized carbons (Fsp3) is 0.491. The van der Waals surface area contributed by atoms with Crippen molar-refractivity contribution >= 4 is 35.4 Å². The van der Waals surface area contributed by atoms with E-state index in [1.54, 1.807) is 0 Å². The van der Waals surface area contributed by atoms with Crippen molar-refractivity contribution in [1.29, 1.82) is 0 Å². The van der Waals surface area contributed by atoms with Gasteiger partial charge in [0.15, 0.2) is 6.29 Å². The van der Waals surface area contributed by atoms with Crippen molar-refractivity contribution in [3.63, 3.8) is 0 Å². The minimum absolute atomic E-state index is 0.00104. The maximum Gasteiger partial charge on any atom is 0.226 e. The number of phenolic OH excluding ortho intramolecular Hbond substituents is 1. The SMILES string of the molecule is CNCc1c(C=O)c(Cl)cc2c1OCC21CCN(CC2CCC3(CC2)CCN(c2ccc(C4c5ccc(O)cc5CCC4c4ccccc4)cc2)CC3)CC1.O=C1CCCC(=O)N1. The third kappa shape index (κ3) is 9.16. The number of anilines is 1. The number of benzene rings is 4. The molecule has 4 aliphatic heterocycles. The molecular formula is C53H63ClN4O5. The number of ether oxygens (including phenoxy) is 1. The Morgan fingerprint density at radius 1 is 0.841 bits per heavy atom. The maximum absolute atomic E-state index is 11.8. The summed E-state index contributed by atoms with van der Waals surface area (Å²) in [6, 6.07) is 28.5. The first kappa shape index (κ1) is 43.5. The van der Waals surface area contributed by atoms with Crippen LogP contribution in [0.3, 0.4) is 0 Å². The molecule has 9 nitrogen and oxygen atoms in total. The number of carbonyl (C=O) groups excluding carboxylic acids is 3. The average Bonchev–Trinajstić information content (AvgIpc) is 3.65. The van der Waals surface area contributed by atoms with Gasteiger partial charge in [-0.1, -0.05) is 60.1 Å². The second-order valence-electron chi connectivity index (χ2n) is 19.4. The molecule has 3 N–H and O–H groups in total. The number of phenols is 1. The lowest BCUT2D eigenvalue weighted by atomic mass is 9.65. The molecule has 10 heteroatoms. The maximum atomic E-state index is 11.8. The van der Waals surface area contributed by atoms with Crippen LogP contribution in [0.1, 0.15) is 133 Å². The van der Waals surface area contributed by atoms with Gasteiger partial charge in [-0.2, -0.15) is 0 Å². The first-order valence-corrected chi connectivity index (χ1v) is 23.9. The van der Waals surface area contributed by atoms with Crippen LogP contribution < -0.4 is 20.3 Å². The first-order chi connectivity index (χ1) is 30.7. The molecule has 1 saturated carbocycles. The van der Waals surface area contributed by atoms with Gasteiger partial charge in [0.1, 0.15) is 11.5 Å². The number of aldehydes is 1. The summed E-state index contributed by atoms with van der Waals surface area (Å²) in [7, 11) is 1.90. The third-order valence-corrected chi connectivity index (χ3v) is 16.1. The molecule has 4 heterocycles. The molecule has 2 aliphatic carbocycles. The highest BCUT2D eigenvalue weighted by molar-refractivity contribution is 6.33.